The van der Waals surface area contributed by atoms with E-state index in [9.17, 15) is 8.42 Å². The number of hydrogen-bond donors (Lipinski definition) is 0. The number of ether oxygens (including phenoxy) is 1. The van der Waals surface area contributed by atoms with E-state index in [1.807, 2.05) is 18.2 Å². The summed E-state index contributed by atoms with van der Waals surface area (Å²) in [5.41, 5.74) is 2.35. The summed E-state index contributed by atoms with van der Waals surface area (Å²) in [7, 11) is -3.83. The second kappa shape index (κ2) is 9.43. The Morgan fingerprint density at radius 2 is 1.57 bits per heavy atom. The quantitative estimate of drug-likeness (QED) is 0.536. The minimum absolute atomic E-state index is 0.0331. The molecule has 0 aromatic heterocycles. The van der Waals surface area contributed by atoms with E-state index in [0.29, 0.717) is 12.4 Å². The molecule has 30 heavy (non-hydrogen) atoms. The first-order valence-electron chi connectivity index (χ1n) is 10.1. The van der Waals surface area contributed by atoms with Gasteiger partial charge in [0, 0.05) is 19.6 Å². The van der Waals surface area contributed by atoms with Crippen LogP contribution in [0.3, 0.4) is 0 Å². The Kier molecular flexibility index (Phi) is 6.47. The van der Waals surface area contributed by atoms with Gasteiger partial charge in [0.25, 0.3) is 0 Å². The lowest BCUT2D eigenvalue weighted by molar-refractivity contribution is -0.0295. The highest BCUT2D eigenvalue weighted by Crippen LogP contribution is 2.26. The maximum Gasteiger partial charge on any atom is 0.339 e. The van der Waals surface area contributed by atoms with Gasteiger partial charge in [-0.05, 0) is 41.8 Å². The van der Waals surface area contributed by atoms with Crippen LogP contribution in [0.5, 0.6) is 5.75 Å². The predicted molar refractivity (Wildman–Crippen MR) is 116 cm³/mol. The molecule has 0 aliphatic carbocycles. The summed E-state index contributed by atoms with van der Waals surface area (Å²) < 4.78 is 35.9. The molecule has 0 spiro atoms. The Hall–Kier alpha value is -2.67. The van der Waals surface area contributed by atoms with Gasteiger partial charge in [-0.1, -0.05) is 60.7 Å². The van der Waals surface area contributed by atoms with Crippen molar-refractivity contribution in [3.8, 4) is 5.75 Å². The molecular formula is C24H25NO4S. The molecule has 1 atom stereocenters. The topological polar surface area (TPSA) is 55.8 Å². The Morgan fingerprint density at radius 1 is 0.900 bits per heavy atom. The zero-order valence-electron chi connectivity index (χ0n) is 16.7. The number of benzene rings is 3. The maximum absolute atomic E-state index is 12.4. The lowest BCUT2D eigenvalue weighted by Crippen LogP contribution is -2.39. The van der Waals surface area contributed by atoms with Crippen molar-refractivity contribution in [2.75, 3.05) is 26.2 Å². The van der Waals surface area contributed by atoms with Gasteiger partial charge >= 0.3 is 10.1 Å². The molecule has 3 aromatic carbocycles. The summed E-state index contributed by atoms with van der Waals surface area (Å²) in [6.07, 6.45) is 0.979. The highest BCUT2D eigenvalue weighted by molar-refractivity contribution is 7.87. The van der Waals surface area contributed by atoms with Crippen molar-refractivity contribution in [1.29, 1.82) is 0 Å². The van der Waals surface area contributed by atoms with E-state index in [2.05, 4.69) is 29.2 Å². The second-order valence-electron chi connectivity index (χ2n) is 7.32. The lowest BCUT2D eigenvalue weighted by Gasteiger charge is -2.33. The summed E-state index contributed by atoms with van der Waals surface area (Å²) in [5.74, 6) is 0.291. The van der Waals surface area contributed by atoms with Crippen molar-refractivity contribution in [2.24, 2.45) is 0 Å². The highest BCUT2D eigenvalue weighted by atomic mass is 32.2. The summed E-state index contributed by atoms with van der Waals surface area (Å²) in [5, 5.41) is 0. The van der Waals surface area contributed by atoms with Crippen LogP contribution in [-0.2, 0) is 21.3 Å². The average Bonchev–Trinajstić information content (AvgIpc) is 2.79. The third-order valence-corrected chi connectivity index (χ3v) is 6.46. The van der Waals surface area contributed by atoms with Crippen LogP contribution in [-0.4, -0.2) is 39.6 Å². The summed E-state index contributed by atoms with van der Waals surface area (Å²) >= 11 is 0. The van der Waals surface area contributed by atoms with Gasteiger partial charge in [0.1, 0.15) is 10.6 Å². The van der Waals surface area contributed by atoms with Gasteiger partial charge in [0.2, 0.25) is 0 Å². The first kappa shape index (κ1) is 20.6. The number of nitrogens with zero attached hydrogens (tertiary/aromatic N) is 1. The van der Waals surface area contributed by atoms with Crippen molar-refractivity contribution >= 4 is 10.1 Å². The average molecular weight is 424 g/mol. The molecule has 3 aromatic rings. The van der Waals surface area contributed by atoms with Gasteiger partial charge < -0.3 is 8.92 Å². The van der Waals surface area contributed by atoms with Gasteiger partial charge in [0.15, 0.2) is 0 Å². The molecule has 1 aliphatic heterocycles. The molecule has 0 radical (unpaired) electrons. The van der Waals surface area contributed by atoms with E-state index in [1.54, 1.807) is 30.3 Å². The van der Waals surface area contributed by atoms with Crippen LogP contribution < -0.4 is 4.18 Å². The van der Waals surface area contributed by atoms with Crippen molar-refractivity contribution in [2.45, 2.75) is 17.4 Å². The smallest absolute Gasteiger partial charge is 0.339 e. The maximum atomic E-state index is 12.4. The Labute approximate surface area is 178 Å². The Bertz CT molecular complexity index is 1040. The standard InChI is InChI=1S/C24H25NO4S/c26-30(27,23-9-5-2-6-10-23)29-22-13-11-21(12-14-22)24-19-25(17-18-28-24)16-15-20-7-3-1-4-8-20/h1-14,24H,15-19H2. The normalized spacial score (nSPS) is 17.5. The van der Waals surface area contributed by atoms with Gasteiger partial charge in [0.05, 0.1) is 12.7 Å². The van der Waals surface area contributed by atoms with Crippen LogP contribution in [0, 0.1) is 0 Å². The number of hydrogen-bond acceptors (Lipinski definition) is 5. The fourth-order valence-corrected chi connectivity index (χ4v) is 4.49. The third kappa shape index (κ3) is 5.27. The molecule has 0 bridgehead atoms. The number of morpholine rings is 1. The zero-order chi connectivity index (χ0) is 20.8. The largest absolute Gasteiger partial charge is 0.379 e. The van der Waals surface area contributed by atoms with Crippen LogP contribution in [0.2, 0.25) is 0 Å². The van der Waals surface area contributed by atoms with E-state index in [4.69, 9.17) is 8.92 Å². The summed E-state index contributed by atoms with van der Waals surface area (Å²) in [6.45, 7) is 3.40. The van der Waals surface area contributed by atoms with Gasteiger partial charge in [-0.3, -0.25) is 4.90 Å². The minimum Gasteiger partial charge on any atom is -0.379 e. The Balaban J connectivity index is 1.36. The molecule has 1 saturated heterocycles. The first-order chi connectivity index (χ1) is 14.6. The molecular weight excluding hydrogens is 398 g/mol. The van der Waals surface area contributed by atoms with Crippen molar-refractivity contribution < 1.29 is 17.3 Å². The monoisotopic (exact) mass is 423 g/mol. The molecule has 1 unspecified atom stereocenters. The van der Waals surface area contributed by atoms with E-state index in [-0.39, 0.29) is 11.0 Å². The molecule has 1 heterocycles. The predicted octanol–water partition coefficient (Wildman–Crippen LogP) is 4.07. The highest BCUT2D eigenvalue weighted by Gasteiger charge is 2.22. The fourth-order valence-electron chi connectivity index (χ4n) is 3.54. The Morgan fingerprint density at radius 3 is 2.27 bits per heavy atom. The molecule has 0 amide bonds. The summed E-state index contributed by atoms with van der Waals surface area (Å²) in [4.78, 5) is 2.55. The molecule has 0 saturated carbocycles. The molecule has 6 heteroatoms. The van der Waals surface area contributed by atoms with Crippen LogP contribution in [0.4, 0.5) is 0 Å². The van der Waals surface area contributed by atoms with Gasteiger partial charge in [-0.25, -0.2) is 0 Å². The second-order valence-corrected chi connectivity index (χ2v) is 8.86. The van der Waals surface area contributed by atoms with Crippen LogP contribution >= 0.6 is 0 Å². The molecule has 156 valence electrons. The third-order valence-electron chi connectivity index (χ3n) is 5.20. The SMILES string of the molecule is O=S(=O)(Oc1ccc(C2CN(CCc3ccccc3)CCO2)cc1)c1ccccc1. The van der Waals surface area contributed by atoms with Crippen molar-refractivity contribution in [1.82, 2.24) is 4.90 Å². The molecule has 4 rings (SSSR count). The first-order valence-corrected chi connectivity index (χ1v) is 11.5. The zero-order valence-corrected chi connectivity index (χ0v) is 17.5. The fraction of sp³-hybridized carbons (Fsp3) is 0.250. The van der Waals surface area contributed by atoms with Gasteiger partial charge in [-0.2, -0.15) is 8.42 Å². The van der Waals surface area contributed by atoms with Crippen LogP contribution in [0.25, 0.3) is 0 Å². The lowest BCUT2D eigenvalue weighted by atomic mass is 10.1. The van der Waals surface area contributed by atoms with Crippen LogP contribution in [0.1, 0.15) is 17.2 Å². The van der Waals surface area contributed by atoms with E-state index < -0.39 is 10.1 Å². The van der Waals surface area contributed by atoms with E-state index in [1.165, 1.54) is 17.7 Å². The van der Waals surface area contributed by atoms with Gasteiger partial charge in [-0.15, -0.1) is 0 Å². The van der Waals surface area contributed by atoms with E-state index >= 15 is 0 Å². The van der Waals surface area contributed by atoms with Crippen molar-refractivity contribution in [3.63, 3.8) is 0 Å². The van der Waals surface area contributed by atoms with Crippen molar-refractivity contribution in [3.05, 3.63) is 96.1 Å². The van der Waals surface area contributed by atoms with Crippen LogP contribution in [0.15, 0.2) is 89.8 Å². The molecule has 1 aliphatic rings. The summed E-state index contributed by atoms with van der Waals surface area (Å²) in [6, 6.07) is 25.7. The molecule has 0 N–H and O–H groups in total. The van der Waals surface area contributed by atoms with E-state index in [0.717, 1.165) is 31.6 Å². The minimum atomic E-state index is -3.83. The number of rotatable bonds is 7. The molecule has 5 nitrogen and oxygen atoms in total. The molecule has 1 fully saturated rings.